The summed E-state index contributed by atoms with van der Waals surface area (Å²) in [5.74, 6) is 1.29. The van der Waals surface area contributed by atoms with E-state index < -0.39 is 6.09 Å². The van der Waals surface area contributed by atoms with E-state index in [1.54, 1.807) is 0 Å². The summed E-state index contributed by atoms with van der Waals surface area (Å²) in [4.78, 5) is 20.4. The molecule has 0 aromatic carbocycles. The van der Waals surface area contributed by atoms with Crippen LogP contribution in [-0.4, -0.2) is 74.8 Å². The molecule has 0 N–H and O–H groups in total. The molecule has 6 heteroatoms. The first-order chi connectivity index (χ1) is 10.2. The molecule has 0 bridgehead atoms. The van der Waals surface area contributed by atoms with Gasteiger partial charge in [-0.1, -0.05) is 6.92 Å². The zero-order chi connectivity index (χ0) is 15.1. The highest BCUT2D eigenvalue weighted by Crippen LogP contribution is 2.16. The van der Waals surface area contributed by atoms with Crippen molar-refractivity contribution >= 4 is 11.9 Å². The van der Waals surface area contributed by atoms with Gasteiger partial charge in [-0.3, -0.25) is 0 Å². The van der Waals surface area contributed by atoms with E-state index in [-0.39, 0.29) is 0 Å². The van der Waals surface area contributed by atoms with Crippen LogP contribution in [0.15, 0.2) is 4.99 Å². The Labute approximate surface area is 127 Å². The summed E-state index contributed by atoms with van der Waals surface area (Å²) in [5.41, 5.74) is 0. The fourth-order valence-electron chi connectivity index (χ4n) is 2.75. The van der Waals surface area contributed by atoms with Gasteiger partial charge in [-0.15, -0.1) is 0 Å². The number of rotatable bonds is 3. The Balaban J connectivity index is 1.77. The Bertz CT molecular complexity index is 359. The number of nitrogens with zero attached hydrogens (tertiary/aromatic N) is 3. The van der Waals surface area contributed by atoms with Crippen LogP contribution in [0.25, 0.3) is 0 Å². The second-order valence-electron chi connectivity index (χ2n) is 5.80. The van der Waals surface area contributed by atoms with Gasteiger partial charge in [0, 0.05) is 19.5 Å². The molecule has 2 aliphatic heterocycles. The van der Waals surface area contributed by atoms with Crippen molar-refractivity contribution in [2.45, 2.75) is 26.2 Å². The first-order valence-corrected chi connectivity index (χ1v) is 7.94. The topological polar surface area (TPSA) is 54.4 Å². The monoisotopic (exact) mass is 297 g/mol. The molecule has 120 valence electrons. The van der Waals surface area contributed by atoms with Crippen LogP contribution in [-0.2, 0) is 9.47 Å². The second-order valence-corrected chi connectivity index (χ2v) is 5.80. The van der Waals surface area contributed by atoms with Crippen LogP contribution in [0.2, 0.25) is 0 Å². The first-order valence-electron chi connectivity index (χ1n) is 7.94. The van der Waals surface area contributed by atoms with E-state index in [1.807, 2.05) is 6.92 Å². The van der Waals surface area contributed by atoms with Crippen molar-refractivity contribution in [3.05, 3.63) is 0 Å². The summed E-state index contributed by atoms with van der Waals surface area (Å²) >= 11 is 0. The van der Waals surface area contributed by atoms with Crippen molar-refractivity contribution in [2.75, 3.05) is 53.0 Å². The number of morpholine rings is 1. The summed E-state index contributed by atoms with van der Waals surface area (Å²) in [6.07, 6.45) is 2.48. The maximum atomic E-state index is 11.9. The van der Waals surface area contributed by atoms with E-state index in [4.69, 9.17) is 9.47 Å². The zero-order valence-corrected chi connectivity index (χ0v) is 13.2. The number of likely N-dealkylation sites (tertiary alicyclic amines) is 1. The van der Waals surface area contributed by atoms with Gasteiger partial charge < -0.3 is 19.3 Å². The van der Waals surface area contributed by atoms with Gasteiger partial charge in [-0.25, -0.2) is 4.79 Å². The van der Waals surface area contributed by atoms with Gasteiger partial charge in [0.15, 0.2) is 0 Å². The number of aliphatic imine (C=N–C) groups is 1. The van der Waals surface area contributed by atoms with Crippen LogP contribution in [0.4, 0.5) is 4.79 Å². The quantitative estimate of drug-likeness (QED) is 0.585. The molecule has 2 heterocycles. The maximum Gasteiger partial charge on any atom is 0.435 e. The smallest absolute Gasteiger partial charge is 0.435 e. The Kier molecular flexibility index (Phi) is 6.45. The van der Waals surface area contributed by atoms with E-state index >= 15 is 0 Å². The predicted molar refractivity (Wildman–Crippen MR) is 81.7 cm³/mol. The molecule has 0 radical (unpaired) electrons. The first kappa shape index (κ1) is 16.2. The zero-order valence-electron chi connectivity index (χ0n) is 13.2. The molecule has 6 nitrogen and oxygen atoms in total. The third-order valence-corrected chi connectivity index (χ3v) is 4.19. The fourth-order valence-corrected chi connectivity index (χ4v) is 2.75. The van der Waals surface area contributed by atoms with Gasteiger partial charge in [-0.2, -0.15) is 4.99 Å². The van der Waals surface area contributed by atoms with E-state index in [1.165, 1.54) is 0 Å². The molecule has 0 aliphatic carbocycles. The van der Waals surface area contributed by atoms with Crippen molar-refractivity contribution in [2.24, 2.45) is 10.9 Å². The number of carbonyl (C=O) groups excluding carboxylic acids is 1. The van der Waals surface area contributed by atoms with Crippen LogP contribution in [0, 0.1) is 5.92 Å². The number of hydrogen-bond acceptors (Lipinski definition) is 4. The molecular weight excluding hydrogens is 270 g/mol. The van der Waals surface area contributed by atoms with Crippen LogP contribution in [0.3, 0.4) is 0 Å². The average molecular weight is 297 g/mol. The normalized spacial score (nSPS) is 22.4. The minimum Gasteiger partial charge on any atom is -0.448 e. The number of hydrogen-bond donors (Lipinski definition) is 0. The molecule has 2 fully saturated rings. The van der Waals surface area contributed by atoms with Crippen molar-refractivity contribution in [1.29, 1.82) is 0 Å². The van der Waals surface area contributed by atoms with Gasteiger partial charge in [0.05, 0.1) is 19.8 Å². The SMILES string of the molecule is CCC(=NC(=O)OCC1CCN(C)CC1)N1CCOCC1. The minimum absolute atomic E-state index is 0.447. The lowest BCUT2D eigenvalue weighted by Gasteiger charge is -2.29. The molecule has 2 aliphatic rings. The number of piperidine rings is 1. The molecular formula is C15H27N3O3. The third kappa shape index (κ3) is 5.28. The van der Waals surface area contributed by atoms with Crippen LogP contribution < -0.4 is 0 Å². The largest absolute Gasteiger partial charge is 0.448 e. The van der Waals surface area contributed by atoms with Crippen molar-refractivity contribution in [3.63, 3.8) is 0 Å². The van der Waals surface area contributed by atoms with Crippen molar-refractivity contribution < 1.29 is 14.3 Å². The number of amidine groups is 1. The number of amides is 1. The van der Waals surface area contributed by atoms with Gasteiger partial charge >= 0.3 is 6.09 Å². The molecule has 2 saturated heterocycles. The molecule has 0 spiro atoms. The van der Waals surface area contributed by atoms with Gasteiger partial charge in [-0.05, 0) is 38.9 Å². The van der Waals surface area contributed by atoms with E-state index in [0.29, 0.717) is 25.7 Å². The van der Waals surface area contributed by atoms with Crippen LogP contribution in [0.1, 0.15) is 26.2 Å². The van der Waals surface area contributed by atoms with E-state index in [9.17, 15) is 4.79 Å². The molecule has 21 heavy (non-hydrogen) atoms. The van der Waals surface area contributed by atoms with E-state index in [0.717, 1.165) is 51.3 Å². The van der Waals surface area contributed by atoms with Crippen LogP contribution >= 0.6 is 0 Å². The molecule has 0 unspecified atom stereocenters. The average Bonchev–Trinajstić information content (AvgIpc) is 2.53. The number of ether oxygens (including phenoxy) is 2. The highest BCUT2D eigenvalue weighted by molar-refractivity contribution is 5.91. The lowest BCUT2D eigenvalue weighted by atomic mass is 9.98. The second kappa shape index (κ2) is 8.34. The predicted octanol–water partition coefficient (Wildman–Crippen LogP) is 1.61. The van der Waals surface area contributed by atoms with Crippen molar-refractivity contribution in [1.82, 2.24) is 9.80 Å². The summed E-state index contributed by atoms with van der Waals surface area (Å²) in [6, 6.07) is 0. The Morgan fingerprint density at radius 2 is 1.90 bits per heavy atom. The van der Waals surface area contributed by atoms with Gasteiger partial charge in [0.2, 0.25) is 0 Å². The summed E-state index contributed by atoms with van der Waals surface area (Å²) in [7, 11) is 2.13. The fraction of sp³-hybridized carbons (Fsp3) is 0.867. The molecule has 0 saturated carbocycles. The summed E-state index contributed by atoms with van der Waals surface area (Å²) in [6.45, 7) is 7.67. The molecule has 2 rings (SSSR count). The lowest BCUT2D eigenvalue weighted by Crippen LogP contribution is -2.41. The van der Waals surface area contributed by atoms with Gasteiger partial charge in [0.1, 0.15) is 5.84 Å². The highest BCUT2D eigenvalue weighted by atomic mass is 16.5. The van der Waals surface area contributed by atoms with Crippen molar-refractivity contribution in [3.8, 4) is 0 Å². The Hall–Kier alpha value is -1.14. The molecule has 1 amide bonds. The molecule has 0 aromatic heterocycles. The Morgan fingerprint density at radius 1 is 1.24 bits per heavy atom. The minimum atomic E-state index is -0.447. The standard InChI is InChI=1S/C15H27N3O3/c1-3-14(18-8-10-20-11-9-18)16-15(19)21-12-13-4-6-17(2)7-5-13/h13H,3-12H2,1-2H3. The molecule has 0 aromatic rings. The Morgan fingerprint density at radius 3 is 2.52 bits per heavy atom. The van der Waals surface area contributed by atoms with E-state index in [2.05, 4.69) is 21.8 Å². The maximum absolute atomic E-state index is 11.9. The van der Waals surface area contributed by atoms with Crippen LogP contribution in [0.5, 0.6) is 0 Å². The molecule has 0 atom stereocenters. The van der Waals surface area contributed by atoms with Gasteiger partial charge in [0.25, 0.3) is 0 Å². The summed E-state index contributed by atoms with van der Waals surface area (Å²) in [5, 5.41) is 0. The summed E-state index contributed by atoms with van der Waals surface area (Å²) < 4.78 is 10.7. The lowest BCUT2D eigenvalue weighted by molar-refractivity contribution is 0.0668. The number of carbonyl (C=O) groups is 1. The third-order valence-electron chi connectivity index (χ3n) is 4.19. The highest BCUT2D eigenvalue weighted by Gasteiger charge is 2.19.